The minimum Gasteiger partial charge on any atom is -0.495 e. The molecular formula is C23H18N2O6S. The zero-order valence-electron chi connectivity index (χ0n) is 16.9. The van der Waals surface area contributed by atoms with Gasteiger partial charge in [0.05, 0.1) is 28.9 Å². The molecule has 0 fully saturated rings. The van der Waals surface area contributed by atoms with Gasteiger partial charge >= 0.3 is 5.63 Å². The van der Waals surface area contributed by atoms with Gasteiger partial charge in [0.25, 0.3) is 15.9 Å². The fourth-order valence-corrected chi connectivity index (χ4v) is 4.24. The van der Waals surface area contributed by atoms with Crippen molar-refractivity contribution in [3.8, 4) is 5.75 Å². The third-order valence-electron chi connectivity index (χ3n) is 4.67. The summed E-state index contributed by atoms with van der Waals surface area (Å²) in [7, 11) is -2.54. The van der Waals surface area contributed by atoms with Crippen molar-refractivity contribution in [1.82, 2.24) is 0 Å². The highest BCUT2D eigenvalue weighted by Gasteiger charge is 2.20. The normalized spacial score (nSPS) is 11.2. The Morgan fingerprint density at radius 1 is 0.906 bits per heavy atom. The molecule has 0 bridgehead atoms. The van der Waals surface area contributed by atoms with Gasteiger partial charge in [-0.2, -0.15) is 0 Å². The van der Waals surface area contributed by atoms with Crippen LogP contribution >= 0.6 is 0 Å². The lowest BCUT2D eigenvalue weighted by Gasteiger charge is -2.14. The number of carbonyl (C=O) groups excluding carboxylic acids is 1. The van der Waals surface area contributed by atoms with Crippen LogP contribution in [0.5, 0.6) is 5.75 Å². The SMILES string of the molecule is COc1ccccc1NC(=O)c1ccccc1NS(=O)(=O)c1ccc2oc(=O)ccc2c1. The highest BCUT2D eigenvalue weighted by molar-refractivity contribution is 7.92. The van der Waals surface area contributed by atoms with Gasteiger partial charge in [-0.25, -0.2) is 13.2 Å². The zero-order valence-corrected chi connectivity index (χ0v) is 17.7. The number of hydrogen-bond donors (Lipinski definition) is 2. The Hall–Kier alpha value is -4.11. The summed E-state index contributed by atoms with van der Waals surface area (Å²) in [6, 6.07) is 20.0. The van der Waals surface area contributed by atoms with Gasteiger partial charge < -0.3 is 14.5 Å². The zero-order chi connectivity index (χ0) is 22.7. The molecule has 0 atom stereocenters. The van der Waals surface area contributed by atoms with E-state index in [1.807, 2.05) is 0 Å². The molecule has 2 N–H and O–H groups in total. The average molecular weight is 450 g/mol. The van der Waals surface area contributed by atoms with Crippen LogP contribution < -0.4 is 20.4 Å². The first-order valence-corrected chi connectivity index (χ1v) is 11.0. The topological polar surface area (TPSA) is 115 Å². The van der Waals surface area contributed by atoms with E-state index in [0.29, 0.717) is 16.8 Å². The first-order chi connectivity index (χ1) is 15.4. The Morgan fingerprint density at radius 3 is 2.41 bits per heavy atom. The molecule has 1 amide bonds. The second kappa shape index (κ2) is 8.56. The lowest BCUT2D eigenvalue weighted by Crippen LogP contribution is -2.19. The van der Waals surface area contributed by atoms with E-state index in [9.17, 15) is 18.0 Å². The van der Waals surface area contributed by atoms with Crippen molar-refractivity contribution >= 4 is 38.3 Å². The van der Waals surface area contributed by atoms with Crippen molar-refractivity contribution in [2.45, 2.75) is 4.90 Å². The van der Waals surface area contributed by atoms with Gasteiger partial charge in [-0.3, -0.25) is 9.52 Å². The predicted octanol–water partition coefficient (Wildman–Crippen LogP) is 3.85. The molecule has 1 aromatic heterocycles. The van der Waals surface area contributed by atoms with Crippen molar-refractivity contribution in [3.05, 3.63) is 94.8 Å². The Morgan fingerprint density at radius 2 is 1.62 bits per heavy atom. The number of para-hydroxylation sites is 3. The van der Waals surface area contributed by atoms with Crippen LogP contribution in [-0.4, -0.2) is 21.4 Å². The average Bonchev–Trinajstić information content (AvgIpc) is 2.79. The molecule has 32 heavy (non-hydrogen) atoms. The minimum absolute atomic E-state index is 0.0428. The van der Waals surface area contributed by atoms with Crippen LogP contribution in [0.1, 0.15) is 10.4 Å². The summed E-state index contributed by atoms with van der Waals surface area (Å²) in [5.41, 5.74) is 0.441. The van der Waals surface area contributed by atoms with Crippen LogP contribution in [0.4, 0.5) is 11.4 Å². The number of carbonyl (C=O) groups is 1. The summed E-state index contributed by atoms with van der Waals surface area (Å²) in [5, 5.41) is 3.19. The van der Waals surface area contributed by atoms with E-state index in [4.69, 9.17) is 9.15 Å². The highest BCUT2D eigenvalue weighted by Crippen LogP contribution is 2.26. The first kappa shape index (κ1) is 21.1. The molecule has 0 aliphatic rings. The van der Waals surface area contributed by atoms with Gasteiger partial charge in [0.2, 0.25) is 0 Å². The van der Waals surface area contributed by atoms with E-state index in [1.54, 1.807) is 36.4 Å². The fraction of sp³-hybridized carbons (Fsp3) is 0.0435. The van der Waals surface area contributed by atoms with Gasteiger partial charge in [-0.15, -0.1) is 0 Å². The molecule has 8 nitrogen and oxygen atoms in total. The Balaban J connectivity index is 1.64. The molecule has 0 aliphatic heterocycles. The van der Waals surface area contributed by atoms with Gasteiger partial charge in [-0.05, 0) is 48.5 Å². The number of amides is 1. The lowest BCUT2D eigenvalue weighted by atomic mass is 10.1. The van der Waals surface area contributed by atoms with E-state index in [0.717, 1.165) is 0 Å². The van der Waals surface area contributed by atoms with Crippen molar-refractivity contribution in [2.24, 2.45) is 0 Å². The standard InChI is InChI=1S/C23H18N2O6S/c1-30-21-9-5-4-8-19(21)24-23(27)17-6-2-3-7-18(17)25-32(28,29)16-11-12-20-15(14-16)10-13-22(26)31-20/h2-14,25H,1H3,(H,24,27). The summed E-state index contributed by atoms with van der Waals surface area (Å²) in [5.74, 6) is -0.0326. The summed E-state index contributed by atoms with van der Waals surface area (Å²) < 4.78 is 38.7. The number of hydrogen-bond acceptors (Lipinski definition) is 6. The summed E-state index contributed by atoms with van der Waals surface area (Å²) in [6.07, 6.45) is 0. The largest absolute Gasteiger partial charge is 0.495 e. The maximum absolute atomic E-state index is 13.0. The van der Waals surface area contributed by atoms with E-state index < -0.39 is 21.6 Å². The number of nitrogens with one attached hydrogen (secondary N) is 2. The van der Waals surface area contributed by atoms with Crippen LogP contribution in [0.15, 0.2) is 93.0 Å². The lowest BCUT2D eigenvalue weighted by molar-refractivity contribution is 0.102. The maximum Gasteiger partial charge on any atom is 0.336 e. The van der Waals surface area contributed by atoms with Crippen molar-refractivity contribution in [2.75, 3.05) is 17.1 Å². The first-order valence-electron chi connectivity index (χ1n) is 9.47. The quantitative estimate of drug-likeness (QED) is 0.431. The number of fused-ring (bicyclic) bond motifs is 1. The van der Waals surface area contributed by atoms with Gasteiger partial charge in [0, 0.05) is 11.5 Å². The maximum atomic E-state index is 13.0. The van der Waals surface area contributed by atoms with Crippen molar-refractivity contribution in [1.29, 1.82) is 0 Å². The van der Waals surface area contributed by atoms with Crippen LogP contribution in [0.2, 0.25) is 0 Å². The van der Waals surface area contributed by atoms with Gasteiger partial charge in [-0.1, -0.05) is 24.3 Å². The Bertz CT molecular complexity index is 1480. The molecule has 0 unspecified atom stereocenters. The molecule has 0 aliphatic carbocycles. The number of benzene rings is 3. The highest BCUT2D eigenvalue weighted by atomic mass is 32.2. The summed E-state index contributed by atoms with van der Waals surface area (Å²) in [6.45, 7) is 0. The minimum atomic E-state index is -4.03. The number of sulfonamides is 1. The molecule has 0 saturated carbocycles. The Kier molecular flexibility index (Phi) is 5.65. The number of ether oxygens (including phenoxy) is 1. The van der Waals surface area contributed by atoms with Crippen LogP contribution in [0, 0.1) is 0 Å². The second-order valence-corrected chi connectivity index (χ2v) is 8.44. The van der Waals surface area contributed by atoms with Gasteiger partial charge in [0.15, 0.2) is 0 Å². The van der Waals surface area contributed by atoms with Gasteiger partial charge in [0.1, 0.15) is 11.3 Å². The fourth-order valence-electron chi connectivity index (χ4n) is 3.13. The van der Waals surface area contributed by atoms with Crippen molar-refractivity contribution < 1.29 is 22.4 Å². The smallest absolute Gasteiger partial charge is 0.336 e. The van der Waals surface area contributed by atoms with E-state index in [2.05, 4.69) is 10.0 Å². The molecule has 3 aromatic carbocycles. The molecule has 4 aromatic rings. The number of methoxy groups -OCH3 is 1. The summed E-state index contributed by atoms with van der Waals surface area (Å²) >= 11 is 0. The molecule has 4 rings (SSSR count). The second-order valence-electron chi connectivity index (χ2n) is 6.76. The predicted molar refractivity (Wildman–Crippen MR) is 121 cm³/mol. The molecular weight excluding hydrogens is 432 g/mol. The third-order valence-corrected chi connectivity index (χ3v) is 6.04. The number of rotatable bonds is 6. The van der Waals surface area contributed by atoms with E-state index in [-0.39, 0.29) is 21.7 Å². The molecule has 1 heterocycles. The van der Waals surface area contributed by atoms with Crippen LogP contribution in [0.25, 0.3) is 11.0 Å². The van der Waals surface area contributed by atoms with E-state index in [1.165, 1.54) is 49.6 Å². The molecule has 162 valence electrons. The van der Waals surface area contributed by atoms with Crippen LogP contribution in [0.3, 0.4) is 0 Å². The monoisotopic (exact) mass is 450 g/mol. The molecule has 0 saturated heterocycles. The number of anilines is 2. The third kappa shape index (κ3) is 4.33. The molecule has 9 heteroatoms. The molecule has 0 radical (unpaired) electrons. The van der Waals surface area contributed by atoms with Crippen LogP contribution in [-0.2, 0) is 10.0 Å². The van der Waals surface area contributed by atoms with E-state index >= 15 is 0 Å². The Labute approximate surface area is 183 Å². The van der Waals surface area contributed by atoms with Crippen molar-refractivity contribution in [3.63, 3.8) is 0 Å². The summed E-state index contributed by atoms with van der Waals surface area (Å²) in [4.78, 5) is 24.2. The molecule has 0 spiro atoms.